The number of rotatable bonds is 14. The molecule has 0 aliphatic heterocycles. The summed E-state index contributed by atoms with van der Waals surface area (Å²) in [5.41, 5.74) is 12.1. The molecule has 0 bridgehead atoms. The van der Waals surface area contributed by atoms with Crippen LogP contribution in [0.4, 0.5) is 18.9 Å². The Bertz CT molecular complexity index is 1900. The third-order valence-corrected chi connectivity index (χ3v) is 7.91. The lowest BCUT2D eigenvalue weighted by atomic mass is 10.0. The lowest BCUT2D eigenvalue weighted by Crippen LogP contribution is -2.21. The Balaban J connectivity index is 1.32. The van der Waals surface area contributed by atoms with Crippen molar-refractivity contribution in [2.75, 3.05) is 18.5 Å². The molecule has 5 rings (SSSR count). The topological polar surface area (TPSA) is 82.2 Å². The van der Waals surface area contributed by atoms with Crippen molar-refractivity contribution in [2.45, 2.75) is 39.2 Å². The van der Waals surface area contributed by atoms with Gasteiger partial charge < -0.3 is 20.4 Å². The van der Waals surface area contributed by atoms with Crippen LogP contribution in [0.15, 0.2) is 91.1 Å². The van der Waals surface area contributed by atoms with Crippen LogP contribution in [0.3, 0.4) is 0 Å². The molecule has 0 spiro atoms. The van der Waals surface area contributed by atoms with E-state index in [4.69, 9.17) is 27.1 Å². The van der Waals surface area contributed by atoms with Crippen molar-refractivity contribution in [1.29, 1.82) is 0 Å². The average molecular weight is 673 g/mol. The SMILES string of the molecule is Cc1ccc(-c2cn(Cc3ccc(NCC(N)=O)cc3)c(/C=C/c3ccc(-c4ccc(OCCCC(C)(F)F)c(F)c4)cc3)n2)c(Cl)c1. The van der Waals surface area contributed by atoms with E-state index in [1.54, 1.807) is 6.07 Å². The van der Waals surface area contributed by atoms with Gasteiger partial charge in [0, 0.05) is 30.4 Å². The molecule has 248 valence electrons. The Morgan fingerprint density at radius 2 is 1.73 bits per heavy atom. The van der Waals surface area contributed by atoms with Crippen LogP contribution in [0.25, 0.3) is 34.5 Å². The third-order valence-electron chi connectivity index (χ3n) is 7.60. The highest BCUT2D eigenvalue weighted by atomic mass is 35.5. The van der Waals surface area contributed by atoms with Crippen molar-refractivity contribution in [3.8, 4) is 28.1 Å². The van der Waals surface area contributed by atoms with Gasteiger partial charge in [-0.2, -0.15) is 0 Å². The van der Waals surface area contributed by atoms with Gasteiger partial charge in [-0.3, -0.25) is 4.79 Å². The van der Waals surface area contributed by atoms with Crippen LogP contribution in [0.5, 0.6) is 5.75 Å². The molecule has 6 nitrogen and oxygen atoms in total. The zero-order valence-corrected chi connectivity index (χ0v) is 27.4. The molecule has 48 heavy (non-hydrogen) atoms. The van der Waals surface area contributed by atoms with Crippen molar-refractivity contribution >= 4 is 35.3 Å². The highest BCUT2D eigenvalue weighted by Gasteiger charge is 2.20. The number of nitrogens with zero attached hydrogens (tertiary/aromatic N) is 2. The lowest BCUT2D eigenvalue weighted by Gasteiger charge is -2.11. The van der Waals surface area contributed by atoms with Crippen molar-refractivity contribution < 1.29 is 22.7 Å². The van der Waals surface area contributed by atoms with Gasteiger partial charge in [0.2, 0.25) is 11.8 Å². The predicted molar refractivity (Wildman–Crippen MR) is 187 cm³/mol. The number of carbonyl (C=O) groups excluding carboxylic acids is 1. The Labute approximate surface area is 283 Å². The van der Waals surface area contributed by atoms with Gasteiger partial charge in [-0.25, -0.2) is 18.2 Å². The monoisotopic (exact) mass is 672 g/mol. The Hall–Kier alpha value is -5.02. The number of ether oxygens (including phenoxy) is 1. The van der Waals surface area contributed by atoms with E-state index < -0.39 is 17.6 Å². The number of anilines is 1. The van der Waals surface area contributed by atoms with Gasteiger partial charge in [0.05, 0.1) is 23.9 Å². The fourth-order valence-corrected chi connectivity index (χ4v) is 5.41. The van der Waals surface area contributed by atoms with E-state index in [-0.39, 0.29) is 31.7 Å². The molecule has 1 heterocycles. The number of carbonyl (C=O) groups is 1. The molecule has 0 saturated carbocycles. The number of primary amides is 1. The average Bonchev–Trinajstić information content (AvgIpc) is 3.44. The van der Waals surface area contributed by atoms with E-state index in [0.717, 1.165) is 51.9 Å². The molecule has 0 atom stereocenters. The molecule has 0 unspecified atom stereocenters. The maximum absolute atomic E-state index is 14.7. The standard InChI is InChI=1S/C38H36ClF3N4O2/c1-25-4-15-31(32(39)20-25)34-24-46(23-27-7-13-30(14-8-27)44-22-36(43)47)37(45-34)17-9-26-5-10-28(11-6-26)29-12-16-35(33(40)21-29)48-19-3-18-38(2,41)42/h4-17,20-21,24,44H,3,18-19,22-23H2,1-2H3,(H2,43,47)/b17-9+. The zero-order valence-electron chi connectivity index (χ0n) is 26.7. The number of aromatic nitrogens is 2. The molecular formula is C38H36ClF3N4O2. The molecule has 5 aromatic rings. The number of hydrogen-bond donors (Lipinski definition) is 2. The third kappa shape index (κ3) is 9.51. The second-order valence-electron chi connectivity index (χ2n) is 11.7. The van der Waals surface area contributed by atoms with Gasteiger partial charge in [-0.1, -0.05) is 72.3 Å². The summed E-state index contributed by atoms with van der Waals surface area (Å²) in [7, 11) is 0. The second kappa shape index (κ2) is 15.3. The van der Waals surface area contributed by atoms with E-state index in [1.807, 2.05) is 96.6 Å². The van der Waals surface area contributed by atoms with Crippen LogP contribution in [-0.2, 0) is 11.3 Å². The van der Waals surface area contributed by atoms with Crippen LogP contribution in [0, 0.1) is 12.7 Å². The summed E-state index contributed by atoms with van der Waals surface area (Å²) in [6.45, 7) is 3.46. The first-order chi connectivity index (χ1) is 22.9. The fraction of sp³-hybridized carbons (Fsp3) is 0.211. The first-order valence-corrected chi connectivity index (χ1v) is 15.8. The minimum Gasteiger partial charge on any atom is -0.491 e. The Morgan fingerprint density at radius 1 is 1.00 bits per heavy atom. The van der Waals surface area contributed by atoms with Gasteiger partial charge in [0.25, 0.3) is 0 Å². The van der Waals surface area contributed by atoms with Gasteiger partial charge in [0.15, 0.2) is 11.6 Å². The summed E-state index contributed by atoms with van der Waals surface area (Å²) in [5.74, 6) is -2.99. The van der Waals surface area contributed by atoms with Gasteiger partial charge in [-0.05, 0) is 84.5 Å². The Morgan fingerprint density at radius 3 is 2.40 bits per heavy atom. The predicted octanol–water partition coefficient (Wildman–Crippen LogP) is 9.25. The quantitative estimate of drug-likeness (QED) is 0.115. The minimum atomic E-state index is -2.77. The number of hydrogen-bond acceptors (Lipinski definition) is 4. The maximum Gasteiger partial charge on any atom is 0.245 e. The summed E-state index contributed by atoms with van der Waals surface area (Å²) in [6, 6.07) is 25.9. The number of alkyl halides is 2. The lowest BCUT2D eigenvalue weighted by molar-refractivity contribution is -0.116. The van der Waals surface area contributed by atoms with Crippen molar-refractivity contribution in [2.24, 2.45) is 5.73 Å². The number of halogens is 4. The van der Waals surface area contributed by atoms with Crippen molar-refractivity contribution in [3.05, 3.63) is 124 Å². The summed E-state index contributed by atoms with van der Waals surface area (Å²) in [5, 5.41) is 3.61. The molecule has 3 N–H and O–H groups in total. The summed E-state index contributed by atoms with van der Waals surface area (Å²) in [6.07, 6.45) is 5.68. The van der Waals surface area contributed by atoms with E-state index in [2.05, 4.69) is 5.32 Å². The van der Waals surface area contributed by atoms with E-state index in [9.17, 15) is 18.0 Å². The molecular weight excluding hydrogens is 637 g/mol. The number of aryl methyl sites for hydroxylation is 1. The maximum atomic E-state index is 14.7. The molecule has 10 heteroatoms. The molecule has 0 fully saturated rings. The summed E-state index contributed by atoms with van der Waals surface area (Å²) in [4.78, 5) is 16.0. The minimum absolute atomic E-state index is 0.0146. The number of nitrogens with one attached hydrogen (secondary N) is 1. The van der Waals surface area contributed by atoms with Gasteiger partial charge in [-0.15, -0.1) is 0 Å². The molecule has 1 aromatic heterocycles. The smallest absolute Gasteiger partial charge is 0.245 e. The van der Waals surface area contributed by atoms with Crippen molar-refractivity contribution in [1.82, 2.24) is 9.55 Å². The van der Waals surface area contributed by atoms with Gasteiger partial charge >= 0.3 is 0 Å². The van der Waals surface area contributed by atoms with E-state index >= 15 is 0 Å². The number of nitrogens with two attached hydrogens (primary N) is 1. The summed E-state index contributed by atoms with van der Waals surface area (Å²) >= 11 is 6.59. The van der Waals surface area contributed by atoms with Gasteiger partial charge in [0.1, 0.15) is 5.82 Å². The first kappa shape index (κ1) is 34.3. The molecule has 0 aliphatic carbocycles. The highest BCUT2D eigenvalue weighted by molar-refractivity contribution is 6.33. The van der Waals surface area contributed by atoms with Crippen LogP contribution in [0.1, 0.15) is 42.3 Å². The van der Waals surface area contributed by atoms with Crippen LogP contribution < -0.4 is 15.8 Å². The number of imidazole rings is 1. The molecule has 0 saturated heterocycles. The van der Waals surface area contributed by atoms with E-state index in [0.29, 0.717) is 17.1 Å². The van der Waals surface area contributed by atoms with Crippen LogP contribution in [-0.4, -0.2) is 34.5 Å². The zero-order chi connectivity index (χ0) is 34.3. The Kier molecular flexibility index (Phi) is 10.9. The normalized spacial score (nSPS) is 11.6. The molecule has 0 aliphatic rings. The summed E-state index contributed by atoms with van der Waals surface area (Å²) < 4.78 is 48.2. The molecule has 1 amide bonds. The van der Waals surface area contributed by atoms with Crippen LogP contribution >= 0.6 is 11.6 Å². The van der Waals surface area contributed by atoms with E-state index in [1.165, 1.54) is 12.1 Å². The molecule has 4 aromatic carbocycles. The largest absolute Gasteiger partial charge is 0.491 e. The van der Waals surface area contributed by atoms with Crippen molar-refractivity contribution in [3.63, 3.8) is 0 Å². The number of amides is 1. The first-order valence-electron chi connectivity index (χ1n) is 15.5. The van der Waals surface area contributed by atoms with Crippen LogP contribution in [0.2, 0.25) is 5.02 Å². The molecule has 0 radical (unpaired) electrons. The number of benzene rings is 4. The second-order valence-corrected chi connectivity index (χ2v) is 12.1. The highest BCUT2D eigenvalue weighted by Crippen LogP contribution is 2.30. The fourth-order valence-electron chi connectivity index (χ4n) is 5.08.